The third-order valence-electron chi connectivity index (χ3n) is 3.42. The first-order valence-corrected chi connectivity index (χ1v) is 8.85. The zero-order chi connectivity index (χ0) is 15.9. The molecule has 21 heavy (non-hydrogen) atoms. The maximum atomic E-state index is 12.3. The minimum Gasteiger partial charge on any atom is -0.396 e. The van der Waals surface area contributed by atoms with Crippen LogP contribution in [0.1, 0.15) is 26.3 Å². The number of hydrogen-bond donors (Lipinski definition) is 2. The molecule has 0 radical (unpaired) electrons. The quantitative estimate of drug-likeness (QED) is 0.719. The maximum Gasteiger partial charge on any atom is 0.240 e. The van der Waals surface area contributed by atoms with Crippen molar-refractivity contribution in [1.82, 2.24) is 9.62 Å². The van der Waals surface area contributed by atoms with Crippen LogP contribution in [0.15, 0.2) is 29.2 Å². The van der Waals surface area contributed by atoms with E-state index in [0.717, 1.165) is 18.7 Å². The van der Waals surface area contributed by atoms with Gasteiger partial charge in [0, 0.05) is 19.2 Å². The molecule has 1 aromatic carbocycles. The Balaban J connectivity index is 2.72. The second kappa shape index (κ2) is 8.48. The van der Waals surface area contributed by atoms with Crippen LogP contribution in [0.25, 0.3) is 0 Å². The van der Waals surface area contributed by atoms with E-state index in [2.05, 4.69) is 23.5 Å². The van der Waals surface area contributed by atoms with Crippen LogP contribution in [-0.2, 0) is 16.4 Å². The van der Waals surface area contributed by atoms with E-state index in [0.29, 0.717) is 13.0 Å². The van der Waals surface area contributed by atoms with Crippen LogP contribution >= 0.6 is 0 Å². The average Bonchev–Trinajstić information content (AvgIpc) is 2.45. The molecule has 1 unspecified atom stereocenters. The average molecular weight is 314 g/mol. The summed E-state index contributed by atoms with van der Waals surface area (Å²) >= 11 is 0. The summed E-state index contributed by atoms with van der Waals surface area (Å²) in [5.41, 5.74) is 0.924. The molecule has 0 aliphatic heterocycles. The van der Waals surface area contributed by atoms with Crippen molar-refractivity contribution in [2.75, 3.05) is 26.2 Å². The van der Waals surface area contributed by atoms with Gasteiger partial charge >= 0.3 is 0 Å². The Morgan fingerprint density at radius 1 is 1.19 bits per heavy atom. The fourth-order valence-corrected chi connectivity index (χ4v) is 3.44. The molecule has 0 bridgehead atoms. The summed E-state index contributed by atoms with van der Waals surface area (Å²) in [4.78, 5) is 2.44. The Bertz CT molecular complexity index is 510. The predicted molar refractivity (Wildman–Crippen MR) is 84.8 cm³/mol. The summed E-state index contributed by atoms with van der Waals surface area (Å²) in [5, 5.41) is 8.86. The molecule has 1 atom stereocenters. The highest BCUT2D eigenvalue weighted by Crippen LogP contribution is 2.11. The molecule has 120 valence electrons. The van der Waals surface area contributed by atoms with Crippen molar-refractivity contribution < 1.29 is 13.5 Å². The van der Waals surface area contributed by atoms with Crippen LogP contribution < -0.4 is 4.72 Å². The van der Waals surface area contributed by atoms with Gasteiger partial charge in [0.2, 0.25) is 10.0 Å². The lowest BCUT2D eigenvalue weighted by Crippen LogP contribution is -2.41. The summed E-state index contributed by atoms with van der Waals surface area (Å²) in [5.74, 6) is 0. The first-order chi connectivity index (χ1) is 9.92. The summed E-state index contributed by atoms with van der Waals surface area (Å²) in [7, 11) is -3.49. The van der Waals surface area contributed by atoms with Crippen molar-refractivity contribution in [2.24, 2.45) is 0 Å². The molecule has 1 aromatic rings. The van der Waals surface area contributed by atoms with Gasteiger partial charge in [-0.3, -0.25) is 0 Å². The van der Waals surface area contributed by atoms with Gasteiger partial charge in [-0.1, -0.05) is 26.0 Å². The van der Waals surface area contributed by atoms with E-state index >= 15 is 0 Å². The van der Waals surface area contributed by atoms with Crippen LogP contribution in [0.4, 0.5) is 0 Å². The van der Waals surface area contributed by atoms with Gasteiger partial charge in [-0.25, -0.2) is 13.1 Å². The Labute approximate surface area is 128 Å². The van der Waals surface area contributed by atoms with Crippen molar-refractivity contribution in [1.29, 1.82) is 0 Å². The van der Waals surface area contributed by atoms with Gasteiger partial charge in [0.15, 0.2) is 0 Å². The lowest BCUT2D eigenvalue weighted by molar-refractivity contribution is 0.282. The number of nitrogens with zero attached hydrogens (tertiary/aromatic N) is 1. The van der Waals surface area contributed by atoms with Gasteiger partial charge in [-0.2, -0.15) is 0 Å². The number of hydrogen-bond acceptors (Lipinski definition) is 4. The Hall–Kier alpha value is -0.950. The molecule has 5 nitrogen and oxygen atoms in total. The van der Waals surface area contributed by atoms with Crippen molar-refractivity contribution in [3.8, 4) is 0 Å². The summed E-state index contributed by atoms with van der Waals surface area (Å²) < 4.78 is 27.3. The monoisotopic (exact) mass is 314 g/mol. The first-order valence-electron chi connectivity index (χ1n) is 7.37. The highest BCUT2D eigenvalue weighted by atomic mass is 32.2. The smallest absolute Gasteiger partial charge is 0.240 e. The molecule has 0 heterocycles. The van der Waals surface area contributed by atoms with E-state index < -0.39 is 10.0 Å². The minimum absolute atomic E-state index is 0.0608. The number of benzene rings is 1. The van der Waals surface area contributed by atoms with Gasteiger partial charge in [0.25, 0.3) is 0 Å². The molecule has 0 saturated carbocycles. The standard InChI is InChI=1S/C15H26N2O3S/c1-4-17(5-2)12-13(3)16-21(19,20)15-8-6-14(7-9-15)10-11-18/h6-9,13,16,18H,4-5,10-12H2,1-3H3. The maximum absolute atomic E-state index is 12.3. The van der Waals surface area contributed by atoms with Crippen LogP contribution in [0.3, 0.4) is 0 Å². The molecule has 2 N–H and O–H groups in total. The highest BCUT2D eigenvalue weighted by Gasteiger charge is 2.18. The Kier molecular flexibility index (Phi) is 7.31. The molecule has 0 amide bonds. The topological polar surface area (TPSA) is 69.6 Å². The number of sulfonamides is 1. The van der Waals surface area contributed by atoms with Crippen molar-refractivity contribution >= 4 is 10.0 Å². The summed E-state index contributed by atoms with van der Waals surface area (Å²) in [6.45, 7) is 8.54. The van der Waals surface area contributed by atoms with Crippen molar-refractivity contribution in [3.05, 3.63) is 29.8 Å². The third kappa shape index (κ3) is 5.74. The molecule has 6 heteroatoms. The van der Waals surface area contributed by atoms with Crippen LogP contribution in [0.2, 0.25) is 0 Å². The second-order valence-corrected chi connectivity index (χ2v) is 6.84. The van der Waals surface area contributed by atoms with Gasteiger partial charge in [0.1, 0.15) is 0 Å². The van der Waals surface area contributed by atoms with Crippen LogP contribution in [-0.4, -0.2) is 50.7 Å². The Morgan fingerprint density at radius 3 is 2.24 bits per heavy atom. The van der Waals surface area contributed by atoms with E-state index in [1.165, 1.54) is 0 Å². The molecule has 0 aliphatic rings. The molecule has 0 spiro atoms. The summed E-state index contributed by atoms with van der Waals surface area (Å²) in [6.07, 6.45) is 0.534. The van der Waals surface area contributed by atoms with Gasteiger partial charge in [-0.05, 0) is 44.1 Å². The predicted octanol–water partition coefficient (Wildman–Crippen LogP) is 1.23. The highest BCUT2D eigenvalue weighted by molar-refractivity contribution is 7.89. The van der Waals surface area contributed by atoms with E-state index in [-0.39, 0.29) is 17.5 Å². The van der Waals surface area contributed by atoms with Crippen molar-refractivity contribution in [3.63, 3.8) is 0 Å². The first kappa shape index (κ1) is 18.1. The minimum atomic E-state index is -3.49. The fraction of sp³-hybridized carbons (Fsp3) is 0.600. The number of rotatable bonds is 9. The van der Waals surface area contributed by atoms with E-state index in [9.17, 15) is 8.42 Å². The lowest BCUT2D eigenvalue weighted by atomic mass is 10.2. The largest absolute Gasteiger partial charge is 0.396 e. The van der Waals surface area contributed by atoms with E-state index in [1.54, 1.807) is 24.3 Å². The molecular formula is C15H26N2O3S. The van der Waals surface area contributed by atoms with E-state index in [4.69, 9.17) is 5.11 Å². The second-order valence-electron chi connectivity index (χ2n) is 5.13. The zero-order valence-corrected chi connectivity index (χ0v) is 13.9. The van der Waals surface area contributed by atoms with Gasteiger partial charge in [-0.15, -0.1) is 0 Å². The van der Waals surface area contributed by atoms with E-state index in [1.807, 2.05) is 6.92 Å². The lowest BCUT2D eigenvalue weighted by Gasteiger charge is -2.23. The molecule has 0 saturated heterocycles. The zero-order valence-electron chi connectivity index (χ0n) is 13.0. The Morgan fingerprint density at radius 2 is 1.76 bits per heavy atom. The van der Waals surface area contributed by atoms with Gasteiger partial charge < -0.3 is 10.0 Å². The molecule has 0 aromatic heterocycles. The number of likely N-dealkylation sites (N-methyl/N-ethyl adjacent to an activating group) is 1. The van der Waals surface area contributed by atoms with Crippen molar-refractivity contribution in [2.45, 2.75) is 38.1 Å². The van der Waals surface area contributed by atoms with Gasteiger partial charge in [0.05, 0.1) is 4.90 Å². The normalized spacial score (nSPS) is 13.6. The molecule has 0 aliphatic carbocycles. The number of aliphatic hydroxyl groups excluding tert-OH is 1. The van der Waals surface area contributed by atoms with Crippen LogP contribution in [0.5, 0.6) is 0 Å². The molecule has 0 fully saturated rings. The third-order valence-corrected chi connectivity index (χ3v) is 5.02. The SMILES string of the molecule is CCN(CC)CC(C)NS(=O)(=O)c1ccc(CCO)cc1. The fourth-order valence-electron chi connectivity index (χ4n) is 2.20. The number of nitrogens with one attached hydrogen (secondary N) is 1. The molecular weight excluding hydrogens is 288 g/mol. The number of aliphatic hydroxyl groups is 1. The summed E-state index contributed by atoms with van der Waals surface area (Å²) in [6, 6.07) is 6.49. The van der Waals surface area contributed by atoms with Crippen LogP contribution in [0, 0.1) is 0 Å². The molecule has 1 rings (SSSR count).